The summed E-state index contributed by atoms with van der Waals surface area (Å²) in [5, 5.41) is 5.77. The van der Waals surface area contributed by atoms with E-state index in [0.717, 1.165) is 27.3 Å². The maximum absolute atomic E-state index is 6.71. The Kier molecular flexibility index (Phi) is 4.94. The van der Waals surface area contributed by atoms with Crippen LogP contribution < -0.4 is 0 Å². The minimum atomic E-state index is 0.738. The van der Waals surface area contributed by atoms with Crippen LogP contribution in [0.1, 0.15) is 0 Å². The molecular formula is C32H21Cl. The highest BCUT2D eigenvalue weighted by Gasteiger charge is 2.18. The molecule has 0 aliphatic carbocycles. The van der Waals surface area contributed by atoms with Crippen LogP contribution >= 0.6 is 11.6 Å². The normalized spacial score (nSPS) is 11.2. The quantitative estimate of drug-likeness (QED) is 0.240. The van der Waals surface area contributed by atoms with Crippen molar-refractivity contribution in [2.24, 2.45) is 0 Å². The summed E-state index contributed by atoms with van der Waals surface area (Å²) in [6.45, 7) is 0. The fourth-order valence-corrected chi connectivity index (χ4v) is 5.06. The van der Waals surface area contributed by atoms with Crippen LogP contribution in [-0.4, -0.2) is 0 Å². The summed E-state index contributed by atoms with van der Waals surface area (Å²) in [5.74, 6) is 0. The van der Waals surface area contributed by atoms with Crippen LogP contribution in [0.15, 0.2) is 127 Å². The maximum Gasteiger partial charge on any atom is 0.0418 e. The Hall–Kier alpha value is -3.87. The maximum atomic E-state index is 6.71. The molecule has 0 fully saturated rings. The van der Waals surface area contributed by atoms with E-state index in [0.29, 0.717) is 0 Å². The molecule has 0 saturated carbocycles. The van der Waals surface area contributed by atoms with Crippen molar-refractivity contribution in [3.8, 4) is 33.4 Å². The Morgan fingerprint density at radius 3 is 1.64 bits per heavy atom. The van der Waals surface area contributed by atoms with Crippen molar-refractivity contribution in [3.05, 3.63) is 132 Å². The Morgan fingerprint density at radius 1 is 0.394 bits per heavy atom. The Morgan fingerprint density at radius 2 is 0.970 bits per heavy atom. The molecule has 0 radical (unpaired) electrons. The molecule has 0 nitrogen and oxygen atoms in total. The third-order valence-corrected chi connectivity index (χ3v) is 6.55. The number of hydrogen-bond acceptors (Lipinski definition) is 0. The lowest BCUT2D eigenvalue weighted by Crippen LogP contribution is -1.92. The van der Waals surface area contributed by atoms with Gasteiger partial charge in [0.15, 0.2) is 0 Å². The molecule has 0 amide bonds. The Labute approximate surface area is 198 Å². The highest BCUT2D eigenvalue weighted by molar-refractivity contribution is 6.31. The van der Waals surface area contributed by atoms with Crippen LogP contribution in [0, 0.1) is 0 Å². The molecule has 0 unspecified atom stereocenters. The van der Waals surface area contributed by atoms with Crippen LogP contribution in [0.2, 0.25) is 5.02 Å². The standard InChI is InChI=1S/C32H21Cl/c33-25-20-30(22-10-3-1-4-11-22)32(31(21-25)23-12-5-2-6-13-23)29-17-9-16-27-26-15-8-7-14-24(26)18-19-28(27)29/h1-21H. The molecular weight excluding hydrogens is 420 g/mol. The molecule has 0 aliphatic rings. The van der Waals surface area contributed by atoms with Gasteiger partial charge in [0, 0.05) is 5.02 Å². The minimum Gasteiger partial charge on any atom is -0.0843 e. The monoisotopic (exact) mass is 440 g/mol. The molecule has 0 atom stereocenters. The highest BCUT2D eigenvalue weighted by Crippen LogP contribution is 2.45. The van der Waals surface area contributed by atoms with Gasteiger partial charge in [-0.1, -0.05) is 127 Å². The van der Waals surface area contributed by atoms with E-state index < -0.39 is 0 Å². The van der Waals surface area contributed by atoms with Crippen molar-refractivity contribution < 1.29 is 0 Å². The molecule has 0 spiro atoms. The summed E-state index contributed by atoms with van der Waals surface area (Å²) in [5.41, 5.74) is 7.02. The summed E-state index contributed by atoms with van der Waals surface area (Å²) >= 11 is 6.71. The van der Waals surface area contributed by atoms with E-state index in [1.807, 2.05) is 0 Å². The summed E-state index contributed by atoms with van der Waals surface area (Å²) < 4.78 is 0. The first-order valence-corrected chi connectivity index (χ1v) is 11.5. The molecule has 6 aromatic rings. The predicted octanol–water partition coefficient (Wildman–Crippen LogP) is 9.65. The lowest BCUT2D eigenvalue weighted by Gasteiger charge is -2.19. The number of fused-ring (bicyclic) bond motifs is 3. The van der Waals surface area contributed by atoms with E-state index in [-0.39, 0.29) is 0 Å². The van der Waals surface area contributed by atoms with Crippen molar-refractivity contribution in [2.75, 3.05) is 0 Å². The van der Waals surface area contributed by atoms with Crippen molar-refractivity contribution in [1.29, 1.82) is 0 Å². The fraction of sp³-hybridized carbons (Fsp3) is 0. The van der Waals surface area contributed by atoms with E-state index in [1.165, 1.54) is 32.7 Å². The zero-order valence-electron chi connectivity index (χ0n) is 18.0. The molecule has 156 valence electrons. The van der Waals surface area contributed by atoms with Gasteiger partial charge in [-0.3, -0.25) is 0 Å². The van der Waals surface area contributed by atoms with E-state index in [9.17, 15) is 0 Å². The summed E-state index contributed by atoms with van der Waals surface area (Å²) in [4.78, 5) is 0. The second-order valence-electron chi connectivity index (χ2n) is 8.30. The first-order chi connectivity index (χ1) is 16.3. The highest BCUT2D eigenvalue weighted by atomic mass is 35.5. The van der Waals surface area contributed by atoms with Gasteiger partial charge >= 0.3 is 0 Å². The molecule has 0 saturated heterocycles. The number of hydrogen-bond donors (Lipinski definition) is 0. The zero-order valence-corrected chi connectivity index (χ0v) is 18.8. The summed E-state index contributed by atoms with van der Waals surface area (Å²) in [6, 6.07) is 44.9. The van der Waals surface area contributed by atoms with Gasteiger partial charge in [0.05, 0.1) is 0 Å². The number of halogens is 1. The third-order valence-electron chi connectivity index (χ3n) is 6.33. The number of rotatable bonds is 3. The fourth-order valence-electron chi connectivity index (χ4n) is 4.85. The second-order valence-corrected chi connectivity index (χ2v) is 8.73. The van der Waals surface area contributed by atoms with Crippen molar-refractivity contribution in [2.45, 2.75) is 0 Å². The molecule has 0 aliphatic heterocycles. The first kappa shape index (κ1) is 19.8. The average molecular weight is 441 g/mol. The van der Waals surface area contributed by atoms with Crippen LogP contribution in [0.25, 0.3) is 54.9 Å². The van der Waals surface area contributed by atoms with Gasteiger partial charge in [-0.05, 0) is 67.1 Å². The molecule has 0 N–H and O–H groups in total. The van der Waals surface area contributed by atoms with E-state index >= 15 is 0 Å². The lowest BCUT2D eigenvalue weighted by molar-refractivity contribution is 1.57. The molecule has 0 aromatic heterocycles. The van der Waals surface area contributed by atoms with Crippen molar-refractivity contribution in [1.82, 2.24) is 0 Å². The molecule has 1 heteroatoms. The van der Waals surface area contributed by atoms with Crippen LogP contribution in [0.4, 0.5) is 0 Å². The average Bonchev–Trinajstić information content (AvgIpc) is 2.89. The Balaban J connectivity index is 1.76. The van der Waals surface area contributed by atoms with Crippen LogP contribution in [0.3, 0.4) is 0 Å². The molecule has 0 heterocycles. The summed E-state index contributed by atoms with van der Waals surface area (Å²) in [7, 11) is 0. The van der Waals surface area contributed by atoms with E-state index in [1.54, 1.807) is 0 Å². The van der Waals surface area contributed by atoms with Gasteiger partial charge < -0.3 is 0 Å². The van der Waals surface area contributed by atoms with Gasteiger partial charge in [0.25, 0.3) is 0 Å². The minimum absolute atomic E-state index is 0.738. The van der Waals surface area contributed by atoms with E-state index in [2.05, 4.69) is 127 Å². The predicted molar refractivity (Wildman–Crippen MR) is 143 cm³/mol. The molecule has 6 rings (SSSR count). The van der Waals surface area contributed by atoms with Gasteiger partial charge in [0.2, 0.25) is 0 Å². The van der Waals surface area contributed by atoms with E-state index in [4.69, 9.17) is 11.6 Å². The van der Waals surface area contributed by atoms with Crippen molar-refractivity contribution >= 4 is 33.1 Å². The van der Waals surface area contributed by atoms with Crippen molar-refractivity contribution in [3.63, 3.8) is 0 Å². The second kappa shape index (κ2) is 8.24. The molecule has 0 bridgehead atoms. The molecule has 6 aromatic carbocycles. The SMILES string of the molecule is Clc1cc(-c2ccccc2)c(-c2cccc3c2ccc2ccccc23)c(-c2ccccc2)c1. The van der Waals surface area contributed by atoms with Gasteiger partial charge in [0.1, 0.15) is 0 Å². The summed E-state index contributed by atoms with van der Waals surface area (Å²) in [6.07, 6.45) is 0. The molecule has 33 heavy (non-hydrogen) atoms. The van der Waals surface area contributed by atoms with Crippen LogP contribution in [0.5, 0.6) is 0 Å². The topological polar surface area (TPSA) is 0 Å². The smallest absolute Gasteiger partial charge is 0.0418 e. The van der Waals surface area contributed by atoms with Gasteiger partial charge in [-0.2, -0.15) is 0 Å². The Bertz CT molecular complexity index is 1540. The zero-order chi connectivity index (χ0) is 22.2. The van der Waals surface area contributed by atoms with Crippen LogP contribution in [-0.2, 0) is 0 Å². The van der Waals surface area contributed by atoms with Gasteiger partial charge in [-0.15, -0.1) is 0 Å². The number of benzene rings is 6. The third kappa shape index (κ3) is 3.50. The largest absolute Gasteiger partial charge is 0.0843 e. The first-order valence-electron chi connectivity index (χ1n) is 11.1. The lowest BCUT2D eigenvalue weighted by atomic mass is 9.85. The van der Waals surface area contributed by atoms with Gasteiger partial charge in [-0.25, -0.2) is 0 Å².